The number of carbonyl (C=O) groups excluding carboxylic acids is 2. The van der Waals surface area contributed by atoms with Gasteiger partial charge in [0.05, 0.1) is 24.8 Å². The quantitative estimate of drug-likeness (QED) is 0.234. The van der Waals surface area contributed by atoms with Gasteiger partial charge in [0.25, 0.3) is 0 Å². The summed E-state index contributed by atoms with van der Waals surface area (Å²) in [5.74, 6) is 0.271. The molecule has 0 unspecified atom stereocenters. The average molecular weight is 522 g/mol. The maximum Gasteiger partial charge on any atom is 0.363 e. The predicted molar refractivity (Wildman–Crippen MR) is 130 cm³/mol. The Hall–Kier alpha value is -3.91. The molecule has 3 aromatic carbocycles. The summed E-state index contributed by atoms with van der Waals surface area (Å²) >= 11 is 3.44. The number of ether oxygens (including phenoxy) is 4. The fourth-order valence-electron chi connectivity index (χ4n) is 3.19. The lowest BCUT2D eigenvalue weighted by molar-refractivity contribution is -0.129. The summed E-state index contributed by atoms with van der Waals surface area (Å²) < 4.78 is 22.5. The second-order valence-electron chi connectivity index (χ2n) is 7.08. The van der Waals surface area contributed by atoms with Crippen LogP contribution in [0.3, 0.4) is 0 Å². The molecule has 0 aliphatic carbocycles. The Bertz CT molecular complexity index is 1310. The first-order chi connectivity index (χ1) is 16.5. The summed E-state index contributed by atoms with van der Waals surface area (Å²) in [4.78, 5) is 29.3. The highest BCUT2D eigenvalue weighted by molar-refractivity contribution is 9.10. The molecule has 34 heavy (non-hydrogen) atoms. The largest absolute Gasteiger partial charge is 0.497 e. The molecule has 1 aliphatic heterocycles. The van der Waals surface area contributed by atoms with E-state index in [0.29, 0.717) is 34.8 Å². The maximum atomic E-state index is 12.6. The van der Waals surface area contributed by atoms with E-state index in [2.05, 4.69) is 20.9 Å². The molecular weight excluding hydrogens is 502 g/mol. The number of nitrogens with zero attached hydrogens (tertiary/aromatic N) is 1. The van der Waals surface area contributed by atoms with Gasteiger partial charge in [0.2, 0.25) is 5.90 Å². The van der Waals surface area contributed by atoms with Crippen molar-refractivity contribution in [1.82, 2.24) is 0 Å². The first-order valence-corrected chi connectivity index (χ1v) is 11.2. The van der Waals surface area contributed by atoms with Crippen LogP contribution in [-0.2, 0) is 9.53 Å². The van der Waals surface area contributed by atoms with Gasteiger partial charge in [0.1, 0.15) is 5.75 Å². The molecule has 0 radical (unpaired) electrons. The van der Waals surface area contributed by atoms with Gasteiger partial charge >= 0.3 is 11.9 Å². The summed E-state index contributed by atoms with van der Waals surface area (Å²) in [6.07, 6.45) is 1.59. The van der Waals surface area contributed by atoms with E-state index in [4.69, 9.17) is 18.9 Å². The third-order valence-electron chi connectivity index (χ3n) is 4.80. The van der Waals surface area contributed by atoms with Crippen LogP contribution in [-0.4, -0.2) is 31.6 Å². The number of halogens is 1. The van der Waals surface area contributed by atoms with E-state index in [9.17, 15) is 9.59 Å². The van der Waals surface area contributed by atoms with Gasteiger partial charge in [-0.3, -0.25) is 0 Å². The van der Waals surface area contributed by atoms with Crippen LogP contribution in [0.1, 0.15) is 28.4 Å². The summed E-state index contributed by atoms with van der Waals surface area (Å²) in [6.45, 7) is 2.18. The van der Waals surface area contributed by atoms with Crippen molar-refractivity contribution in [2.75, 3.05) is 13.7 Å². The van der Waals surface area contributed by atoms with Crippen molar-refractivity contribution in [1.29, 1.82) is 0 Å². The number of hydrogen-bond donors (Lipinski definition) is 0. The number of benzene rings is 3. The van der Waals surface area contributed by atoms with Crippen molar-refractivity contribution < 1.29 is 28.5 Å². The predicted octanol–water partition coefficient (Wildman–Crippen LogP) is 5.42. The number of esters is 2. The molecule has 0 saturated carbocycles. The molecule has 7 nitrogen and oxygen atoms in total. The van der Waals surface area contributed by atoms with Gasteiger partial charge in [0.15, 0.2) is 17.2 Å². The Morgan fingerprint density at radius 1 is 1.06 bits per heavy atom. The van der Waals surface area contributed by atoms with Gasteiger partial charge in [-0.1, -0.05) is 24.3 Å². The normalized spacial score (nSPS) is 13.9. The number of methoxy groups -OCH3 is 1. The minimum atomic E-state index is -0.558. The molecule has 8 heteroatoms. The van der Waals surface area contributed by atoms with Crippen LogP contribution in [0.5, 0.6) is 17.2 Å². The molecular formula is C26H20BrNO6. The third-order valence-corrected chi connectivity index (χ3v) is 5.50. The highest BCUT2D eigenvalue weighted by Crippen LogP contribution is 2.31. The molecule has 172 valence electrons. The Labute approximate surface area is 204 Å². The third kappa shape index (κ3) is 5.18. The minimum absolute atomic E-state index is 0.148. The van der Waals surface area contributed by atoms with Crippen molar-refractivity contribution in [3.05, 3.63) is 93.6 Å². The van der Waals surface area contributed by atoms with Crippen LogP contribution >= 0.6 is 15.9 Å². The highest BCUT2D eigenvalue weighted by atomic mass is 79.9. The van der Waals surface area contributed by atoms with Crippen LogP contribution in [0.15, 0.2) is 81.9 Å². The highest BCUT2D eigenvalue weighted by Gasteiger charge is 2.25. The molecule has 0 bridgehead atoms. The van der Waals surface area contributed by atoms with Gasteiger partial charge in [0, 0.05) is 4.47 Å². The smallest absolute Gasteiger partial charge is 0.363 e. The Morgan fingerprint density at radius 2 is 1.88 bits per heavy atom. The van der Waals surface area contributed by atoms with Crippen LogP contribution in [0.4, 0.5) is 0 Å². The monoisotopic (exact) mass is 521 g/mol. The Morgan fingerprint density at radius 3 is 2.65 bits per heavy atom. The number of hydrogen-bond acceptors (Lipinski definition) is 7. The van der Waals surface area contributed by atoms with Crippen LogP contribution in [0, 0.1) is 0 Å². The van der Waals surface area contributed by atoms with Crippen molar-refractivity contribution in [2.45, 2.75) is 6.92 Å². The Kier molecular flexibility index (Phi) is 7.08. The molecule has 0 N–H and O–H groups in total. The molecule has 0 atom stereocenters. The number of cyclic esters (lactones) is 1. The van der Waals surface area contributed by atoms with E-state index < -0.39 is 11.9 Å². The molecule has 1 heterocycles. The first kappa shape index (κ1) is 23.3. The molecule has 0 saturated heterocycles. The van der Waals surface area contributed by atoms with E-state index in [1.807, 2.05) is 25.1 Å². The zero-order valence-corrected chi connectivity index (χ0v) is 20.0. The van der Waals surface area contributed by atoms with Gasteiger partial charge in [-0.2, -0.15) is 0 Å². The number of aliphatic imine (C=N–C) groups is 1. The molecule has 0 aromatic heterocycles. The average Bonchev–Trinajstić information content (AvgIpc) is 3.20. The second kappa shape index (κ2) is 10.4. The lowest BCUT2D eigenvalue weighted by atomic mass is 10.1. The maximum absolute atomic E-state index is 12.6. The van der Waals surface area contributed by atoms with Crippen LogP contribution in [0.2, 0.25) is 0 Å². The van der Waals surface area contributed by atoms with Crippen LogP contribution in [0.25, 0.3) is 6.08 Å². The summed E-state index contributed by atoms with van der Waals surface area (Å²) in [6, 6.07) is 19.0. The molecule has 0 fully saturated rings. The van der Waals surface area contributed by atoms with Gasteiger partial charge in [-0.05, 0) is 77.0 Å². The molecule has 3 aromatic rings. The fraction of sp³-hybridized carbons (Fsp3) is 0.115. The summed E-state index contributed by atoms with van der Waals surface area (Å²) in [7, 11) is 1.52. The number of rotatable bonds is 7. The van der Waals surface area contributed by atoms with Gasteiger partial charge in [-0.15, -0.1) is 0 Å². The van der Waals surface area contributed by atoms with Crippen LogP contribution < -0.4 is 14.2 Å². The van der Waals surface area contributed by atoms with Crippen molar-refractivity contribution in [3.63, 3.8) is 0 Å². The standard InChI is InChI=1S/C26H20BrNO6/c1-3-32-23-14-16(11-12-22(23)33-25(29)17-7-6-8-18(15-17)31-2)13-21-26(30)34-24(28-21)19-9-4-5-10-20(19)27/h4-15H,3H2,1-2H3. The molecule has 4 rings (SSSR count). The van der Waals surface area contributed by atoms with E-state index in [1.54, 1.807) is 54.6 Å². The minimum Gasteiger partial charge on any atom is -0.497 e. The summed E-state index contributed by atoms with van der Waals surface area (Å²) in [5, 5.41) is 0. The van der Waals surface area contributed by atoms with Crippen molar-refractivity contribution in [2.24, 2.45) is 4.99 Å². The summed E-state index contributed by atoms with van der Waals surface area (Å²) in [5.41, 5.74) is 1.80. The molecule has 1 aliphatic rings. The zero-order chi connectivity index (χ0) is 24.1. The fourth-order valence-corrected chi connectivity index (χ4v) is 3.65. The number of carbonyl (C=O) groups is 2. The van der Waals surface area contributed by atoms with Gasteiger partial charge in [-0.25, -0.2) is 14.6 Å². The van der Waals surface area contributed by atoms with E-state index in [1.165, 1.54) is 7.11 Å². The van der Waals surface area contributed by atoms with Crippen molar-refractivity contribution in [3.8, 4) is 17.2 Å². The van der Waals surface area contributed by atoms with Gasteiger partial charge < -0.3 is 18.9 Å². The zero-order valence-electron chi connectivity index (χ0n) is 18.4. The van der Waals surface area contributed by atoms with Crippen molar-refractivity contribution >= 4 is 39.8 Å². The lowest BCUT2D eigenvalue weighted by Gasteiger charge is -2.12. The van der Waals surface area contributed by atoms with E-state index in [-0.39, 0.29) is 17.3 Å². The first-order valence-electron chi connectivity index (χ1n) is 10.4. The van der Waals surface area contributed by atoms with E-state index in [0.717, 1.165) is 4.47 Å². The Balaban J connectivity index is 1.60. The second-order valence-corrected chi connectivity index (χ2v) is 7.93. The molecule has 0 spiro atoms. The van der Waals surface area contributed by atoms with E-state index >= 15 is 0 Å². The molecule has 0 amide bonds. The lowest BCUT2D eigenvalue weighted by Crippen LogP contribution is -2.10. The SMILES string of the molecule is CCOc1cc(C=C2N=C(c3ccccc3Br)OC2=O)ccc1OC(=O)c1cccc(OC)c1. The topological polar surface area (TPSA) is 83.4 Å².